The van der Waals surface area contributed by atoms with Crippen LogP contribution in [0.15, 0.2) is 72.9 Å². The van der Waals surface area contributed by atoms with Gasteiger partial charge in [-0.3, -0.25) is 14.4 Å². The predicted molar refractivity (Wildman–Crippen MR) is 335 cm³/mol. The number of esters is 3. The Morgan fingerprint density at radius 3 is 0.844 bits per heavy atom. The van der Waals surface area contributed by atoms with Gasteiger partial charge in [0.25, 0.3) is 0 Å². The molecule has 0 aromatic carbocycles. The van der Waals surface area contributed by atoms with Gasteiger partial charge in [0.15, 0.2) is 6.10 Å². The van der Waals surface area contributed by atoms with Gasteiger partial charge in [-0.05, 0) is 103 Å². The minimum Gasteiger partial charge on any atom is -0.462 e. The lowest BCUT2D eigenvalue weighted by molar-refractivity contribution is -0.167. The van der Waals surface area contributed by atoms with Crippen LogP contribution in [0.5, 0.6) is 0 Å². The Labute approximate surface area is 478 Å². The monoisotopic (exact) mass is 1070 g/mol. The SMILES string of the molecule is CC/C=C\C/C=C\C/C=C\C/C=C\CCCCCCCCCCCCCCCCCCCCCCC(=O)OCC(COC(=O)CCCCCCC/C=C\CCCC)OC(=O)CCCCCCC/C=C\CCCCCCCC. The van der Waals surface area contributed by atoms with Crippen LogP contribution in [0.1, 0.15) is 342 Å². The van der Waals surface area contributed by atoms with E-state index in [1.54, 1.807) is 0 Å². The summed E-state index contributed by atoms with van der Waals surface area (Å²) in [5.41, 5.74) is 0. The molecule has 0 aromatic rings. The summed E-state index contributed by atoms with van der Waals surface area (Å²) in [6.07, 6.45) is 85.1. The van der Waals surface area contributed by atoms with E-state index in [-0.39, 0.29) is 31.1 Å². The van der Waals surface area contributed by atoms with Gasteiger partial charge in [-0.2, -0.15) is 0 Å². The van der Waals surface area contributed by atoms with Gasteiger partial charge in [0.05, 0.1) is 0 Å². The van der Waals surface area contributed by atoms with E-state index in [1.165, 1.54) is 205 Å². The second kappa shape index (κ2) is 65.4. The molecule has 1 unspecified atom stereocenters. The molecule has 6 nitrogen and oxygen atoms in total. The summed E-state index contributed by atoms with van der Waals surface area (Å²) in [4.78, 5) is 38.2. The van der Waals surface area contributed by atoms with Crippen LogP contribution in [0.3, 0.4) is 0 Å². The molecule has 0 spiro atoms. The number of hydrogen-bond donors (Lipinski definition) is 0. The molecule has 0 aliphatic carbocycles. The molecule has 0 aliphatic heterocycles. The van der Waals surface area contributed by atoms with Crippen molar-refractivity contribution in [2.75, 3.05) is 13.2 Å². The van der Waals surface area contributed by atoms with Crippen LogP contribution in [-0.2, 0) is 28.6 Å². The molecule has 0 aromatic heterocycles. The fourth-order valence-electron chi connectivity index (χ4n) is 9.65. The van der Waals surface area contributed by atoms with Crippen LogP contribution < -0.4 is 0 Å². The van der Waals surface area contributed by atoms with Gasteiger partial charge in [-0.15, -0.1) is 0 Å². The lowest BCUT2D eigenvalue weighted by Crippen LogP contribution is -2.30. The first-order chi connectivity index (χ1) is 38.0. The number of carbonyl (C=O) groups is 3. The molecule has 77 heavy (non-hydrogen) atoms. The van der Waals surface area contributed by atoms with E-state index in [9.17, 15) is 14.4 Å². The van der Waals surface area contributed by atoms with Crippen molar-refractivity contribution >= 4 is 17.9 Å². The van der Waals surface area contributed by atoms with E-state index in [0.29, 0.717) is 19.3 Å². The number of hydrogen-bond acceptors (Lipinski definition) is 6. The molecular weight excluding hydrogens is 949 g/mol. The number of ether oxygens (including phenoxy) is 3. The number of unbranched alkanes of at least 4 members (excludes halogenated alkanes) is 38. The first-order valence-corrected chi connectivity index (χ1v) is 33.4. The first kappa shape index (κ1) is 73.8. The molecule has 0 heterocycles. The highest BCUT2D eigenvalue weighted by atomic mass is 16.6. The van der Waals surface area contributed by atoms with Crippen molar-refractivity contribution in [3.05, 3.63) is 72.9 Å². The molecular formula is C71H126O6. The summed E-state index contributed by atoms with van der Waals surface area (Å²) in [7, 11) is 0. The first-order valence-electron chi connectivity index (χ1n) is 33.4. The van der Waals surface area contributed by atoms with Gasteiger partial charge in [0, 0.05) is 19.3 Å². The molecule has 0 N–H and O–H groups in total. The Bertz CT molecular complexity index is 1420. The third kappa shape index (κ3) is 63.6. The number of carbonyl (C=O) groups excluding carboxylic acids is 3. The molecule has 446 valence electrons. The molecule has 0 fully saturated rings. The Morgan fingerprint density at radius 1 is 0.273 bits per heavy atom. The second-order valence-corrected chi connectivity index (χ2v) is 22.3. The second-order valence-electron chi connectivity index (χ2n) is 22.3. The van der Waals surface area contributed by atoms with Crippen LogP contribution in [0, 0.1) is 0 Å². The van der Waals surface area contributed by atoms with Crippen molar-refractivity contribution in [1.82, 2.24) is 0 Å². The third-order valence-corrected chi connectivity index (χ3v) is 14.7. The molecule has 1 atom stereocenters. The van der Waals surface area contributed by atoms with E-state index in [4.69, 9.17) is 14.2 Å². The summed E-state index contributed by atoms with van der Waals surface area (Å²) < 4.78 is 16.9. The molecule has 0 saturated heterocycles. The molecule has 0 aliphatic rings. The van der Waals surface area contributed by atoms with Crippen molar-refractivity contribution in [2.24, 2.45) is 0 Å². The summed E-state index contributed by atoms with van der Waals surface area (Å²) >= 11 is 0. The van der Waals surface area contributed by atoms with Crippen molar-refractivity contribution in [2.45, 2.75) is 348 Å². The van der Waals surface area contributed by atoms with Gasteiger partial charge >= 0.3 is 17.9 Å². The van der Waals surface area contributed by atoms with Crippen LogP contribution in [0.4, 0.5) is 0 Å². The highest BCUT2D eigenvalue weighted by Gasteiger charge is 2.19. The number of allylic oxidation sites excluding steroid dienone is 12. The molecule has 0 saturated carbocycles. The van der Waals surface area contributed by atoms with Gasteiger partial charge < -0.3 is 14.2 Å². The smallest absolute Gasteiger partial charge is 0.306 e. The highest BCUT2D eigenvalue weighted by molar-refractivity contribution is 5.71. The van der Waals surface area contributed by atoms with E-state index < -0.39 is 6.10 Å². The van der Waals surface area contributed by atoms with E-state index in [0.717, 1.165) is 96.3 Å². The Hall–Kier alpha value is -3.15. The molecule has 0 radical (unpaired) electrons. The fraction of sp³-hybridized carbons (Fsp3) is 0.789. The standard InChI is InChI=1S/C71H126O6/c1-4-7-10-13-16-19-22-24-26-27-28-29-30-31-32-33-34-35-36-37-38-39-40-41-42-43-45-46-49-52-55-58-61-64-70(73)76-67-68(66-75-69(72)63-60-57-54-51-48-21-18-15-12-9-6-3)77-71(74)65-62-59-56-53-50-47-44-25-23-20-17-14-11-8-5-2/h7,10,15-16,18-19,24-26,28-29,44,68H,4-6,8-9,11-14,17,20-23,27,30-43,45-67H2,1-3H3/b10-7-,18-15-,19-16-,26-24-,29-28-,44-25-. The molecule has 0 rings (SSSR count). The predicted octanol–water partition coefficient (Wildman–Crippen LogP) is 22.9. The summed E-state index contributed by atoms with van der Waals surface area (Å²) in [6.45, 7) is 6.51. The lowest BCUT2D eigenvalue weighted by atomic mass is 10.0. The van der Waals surface area contributed by atoms with E-state index >= 15 is 0 Å². The van der Waals surface area contributed by atoms with E-state index in [2.05, 4.69) is 93.7 Å². The van der Waals surface area contributed by atoms with Crippen LogP contribution in [-0.4, -0.2) is 37.2 Å². The molecule has 0 amide bonds. The minimum atomic E-state index is -0.780. The molecule has 6 heteroatoms. The maximum Gasteiger partial charge on any atom is 0.306 e. The highest BCUT2D eigenvalue weighted by Crippen LogP contribution is 2.17. The maximum absolute atomic E-state index is 12.9. The fourth-order valence-corrected chi connectivity index (χ4v) is 9.65. The van der Waals surface area contributed by atoms with Gasteiger partial charge in [-0.25, -0.2) is 0 Å². The summed E-state index contributed by atoms with van der Waals surface area (Å²) in [6, 6.07) is 0. The zero-order valence-electron chi connectivity index (χ0n) is 51.2. The number of rotatable bonds is 61. The van der Waals surface area contributed by atoms with Crippen molar-refractivity contribution in [3.8, 4) is 0 Å². The largest absolute Gasteiger partial charge is 0.462 e. The van der Waals surface area contributed by atoms with Crippen molar-refractivity contribution < 1.29 is 28.6 Å². The van der Waals surface area contributed by atoms with Crippen molar-refractivity contribution in [3.63, 3.8) is 0 Å². The van der Waals surface area contributed by atoms with Crippen LogP contribution in [0.25, 0.3) is 0 Å². The Kier molecular flexibility index (Phi) is 62.7. The maximum atomic E-state index is 12.9. The molecule has 0 bridgehead atoms. The Balaban J connectivity index is 4.08. The van der Waals surface area contributed by atoms with Gasteiger partial charge in [-0.1, -0.05) is 293 Å². The average molecular weight is 1080 g/mol. The quantitative estimate of drug-likeness (QED) is 0.0261. The Morgan fingerprint density at radius 2 is 0.519 bits per heavy atom. The lowest BCUT2D eigenvalue weighted by Gasteiger charge is -2.18. The third-order valence-electron chi connectivity index (χ3n) is 14.7. The van der Waals surface area contributed by atoms with Crippen LogP contribution >= 0.6 is 0 Å². The van der Waals surface area contributed by atoms with E-state index in [1.807, 2.05) is 0 Å². The van der Waals surface area contributed by atoms with Crippen molar-refractivity contribution in [1.29, 1.82) is 0 Å². The summed E-state index contributed by atoms with van der Waals surface area (Å²) in [5, 5.41) is 0. The van der Waals surface area contributed by atoms with Crippen LogP contribution in [0.2, 0.25) is 0 Å². The average Bonchev–Trinajstić information content (AvgIpc) is 3.43. The summed E-state index contributed by atoms with van der Waals surface area (Å²) in [5.74, 6) is -0.879. The normalized spacial score (nSPS) is 12.5. The topological polar surface area (TPSA) is 78.9 Å². The zero-order valence-corrected chi connectivity index (χ0v) is 51.2. The van der Waals surface area contributed by atoms with Gasteiger partial charge in [0.1, 0.15) is 13.2 Å². The zero-order chi connectivity index (χ0) is 55.7. The van der Waals surface area contributed by atoms with Gasteiger partial charge in [0.2, 0.25) is 0 Å². The minimum absolute atomic E-state index is 0.0770.